The highest BCUT2D eigenvalue weighted by Crippen LogP contribution is 2.15. The molecule has 1 aliphatic rings. The molecule has 0 saturated carbocycles. The van der Waals surface area contributed by atoms with Gasteiger partial charge in [-0.05, 0) is 25.7 Å². The molecule has 0 radical (unpaired) electrons. The number of rotatable bonds is 2. The quantitative estimate of drug-likeness (QED) is 0.690. The second-order valence-corrected chi connectivity index (χ2v) is 4.28. The van der Waals surface area contributed by atoms with Gasteiger partial charge in [0.15, 0.2) is 0 Å². The Morgan fingerprint density at radius 3 is 3.00 bits per heavy atom. The van der Waals surface area contributed by atoms with E-state index in [0.29, 0.717) is 12.5 Å². The van der Waals surface area contributed by atoms with Crippen molar-refractivity contribution in [3.8, 4) is 0 Å². The summed E-state index contributed by atoms with van der Waals surface area (Å²) in [6, 6.07) is 0.106. The molecule has 2 amide bonds. The molecule has 0 bridgehead atoms. The maximum atomic E-state index is 11.7. The van der Waals surface area contributed by atoms with Crippen LogP contribution in [0.5, 0.6) is 0 Å². The van der Waals surface area contributed by atoms with Gasteiger partial charge in [0.1, 0.15) is 0 Å². The molecule has 0 aliphatic carbocycles. The summed E-state index contributed by atoms with van der Waals surface area (Å²) in [6.45, 7) is 6.36. The zero-order valence-corrected chi connectivity index (χ0v) is 9.12. The van der Waals surface area contributed by atoms with Crippen molar-refractivity contribution in [3.63, 3.8) is 0 Å². The highest BCUT2D eigenvalue weighted by atomic mass is 16.2. The fourth-order valence-corrected chi connectivity index (χ4v) is 1.73. The number of hydrogen-bond acceptors (Lipinski definition) is 2. The van der Waals surface area contributed by atoms with Crippen LogP contribution in [0, 0.1) is 5.92 Å². The Labute approximate surface area is 85.8 Å². The van der Waals surface area contributed by atoms with E-state index in [0.717, 1.165) is 19.5 Å². The fourth-order valence-electron chi connectivity index (χ4n) is 1.73. The molecule has 1 heterocycles. The van der Waals surface area contributed by atoms with Crippen LogP contribution < -0.4 is 11.1 Å². The zero-order valence-electron chi connectivity index (χ0n) is 9.12. The third kappa shape index (κ3) is 3.18. The van der Waals surface area contributed by atoms with Crippen LogP contribution in [0.25, 0.3) is 0 Å². The Morgan fingerprint density at radius 1 is 1.71 bits per heavy atom. The predicted octanol–water partition coefficient (Wildman–Crippen LogP) is 0.775. The smallest absolute Gasteiger partial charge is 0.317 e. The summed E-state index contributed by atoms with van der Waals surface area (Å²) in [5.41, 5.74) is 5.44. The van der Waals surface area contributed by atoms with Gasteiger partial charge in [-0.2, -0.15) is 0 Å². The van der Waals surface area contributed by atoms with Crippen LogP contribution in [0.1, 0.15) is 26.7 Å². The number of amides is 2. The molecule has 0 aromatic heterocycles. The van der Waals surface area contributed by atoms with E-state index in [4.69, 9.17) is 5.73 Å². The van der Waals surface area contributed by atoms with Gasteiger partial charge in [0, 0.05) is 25.7 Å². The molecule has 1 rings (SSSR count). The lowest BCUT2D eigenvalue weighted by atomic mass is 10.0. The molecular weight excluding hydrogens is 178 g/mol. The molecule has 0 aromatic rings. The van der Waals surface area contributed by atoms with Crippen molar-refractivity contribution in [2.45, 2.75) is 32.7 Å². The van der Waals surface area contributed by atoms with E-state index in [1.165, 1.54) is 6.42 Å². The second-order valence-electron chi connectivity index (χ2n) is 4.28. The van der Waals surface area contributed by atoms with Crippen molar-refractivity contribution in [3.05, 3.63) is 0 Å². The highest BCUT2D eigenvalue weighted by Gasteiger charge is 2.21. The summed E-state index contributed by atoms with van der Waals surface area (Å²) in [7, 11) is 0. The van der Waals surface area contributed by atoms with Crippen LogP contribution in [0.3, 0.4) is 0 Å². The molecule has 14 heavy (non-hydrogen) atoms. The minimum atomic E-state index is 0.0366. The summed E-state index contributed by atoms with van der Waals surface area (Å²) < 4.78 is 0. The first kappa shape index (κ1) is 11.3. The van der Waals surface area contributed by atoms with Crippen molar-refractivity contribution in [1.29, 1.82) is 0 Å². The molecule has 0 spiro atoms. The Morgan fingerprint density at radius 2 is 2.43 bits per heavy atom. The number of likely N-dealkylation sites (tertiary alicyclic amines) is 1. The number of nitrogens with zero attached hydrogens (tertiary/aromatic N) is 1. The summed E-state index contributed by atoms with van der Waals surface area (Å²) >= 11 is 0. The fraction of sp³-hybridized carbons (Fsp3) is 0.900. The maximum absolute atomic E-state index is 11.7. The van der Waals surface area contributed by atoms with Crippen LogP contribution in [-0.2, 0) is 0 Å². The second kappa shape index (κ2) is 5.20. The minimum absolute atomic E-state index is 0.0366. The van der Waals surface area contributed by atoms with Crippen LogP contribution >= 0.6 is 0 Å². The lowest BCUT2D eigenvalue weighted by molar-refractivity contribution is 0.167. The van der Waals surface area contributed by atoms with Gasteiger partial charge in [0.2, 0.25) is 0 Å². The molecule has 2 atom stereocenters. The summed E-state index contributed by atoms with van der Waals surface area (Å²) in [4.78, 5) is 13.6. The monoisotopic (exact) mass is 199 g/mol. The van der Waals surface area contributed by atoms with Crippen molar-refractivity contribution in [1.82, 2.24) is 10.2 Å². The van der Waals surface area contributed by atoms with Crippen LogP contribution in [0.15, 0.2) is 0 Å². The SMILES string of the molecule is CC1CCCN(C(=O)N[C@H](C)CN)C1. The lowest BCUT2D eigenvalue weighted by Crippen LogP contribution is -2.49. The molecule has 3 N–H and O–H groups in total. The van der Waals surface area contributed by atoms with Gasteiger partial charge in [-0.15, -0.1) is 0 Å². The number of hydrogen-bond donors (Lipinski definition) is 2. The number of urea groups is 1. The van der Waals surface area contributed by atoms with Crippen LogP contribution in [-0.4, -0.2) is 36.6 Å². The number of piperidine rings is 1. The van der Waals surface area contributed by atoms with Gasteiger partial charge < -0.3 is 16.0 Å². The maximum Gasteiger partial charge on any atom is 0.317 e. The molecule has 4 heteroatoms. The molecule has 0 aromatic carbocycles. The number of carbonyl (C=O) groups is 1. The summed E-state index contributed by atoms with van der Waals surface area (Å²) in [6.07, 6.45) is 2.35. The first-order valence-corrected chi connectivity index (χ1v) is 5.39. The molecule has 1 saturated heterocycles. The topological polar surface area (TPSA) is 58.4 Å². The molecule has 4 nitrogen and oxygen atoms in total. The Bertz CT molecular complexity index is 196. The van der Waals surface area contributed by atoms with E-state index < -0.39 is 0 Å². The van der Waals surface area contributed by atoms with E-state index in [1.54, 1.807) is 0 Å². The predicted molar refractivity (Wildman–Crippen MR) is 57.0 cm³/mol. The highest BCUT2D eigenvalue weighted by molar-refractivity contribution is 5.74. The summed E-state index contributed by atoms with van der Waals surface area (Å²) in [5, 5.41) is 2.88. The van der Waals surface area contributed by atoms with E-state index >= 15 is 0 Å². The van der Waals surface area contributed by atoms with Crippen LogP contribution in [0.4, 0.5) is 4.79 Å². The van der Waals surface area contributed by atoms with E-state index in [2.05, 4.69) is 12.2 Å². The molecular formula is C10H21N3O. The zero-order chi connectivity index (χ0) is 10.6. The Kier molecular flexibility index (Phi) is 4.20. The summed E-state index contributed by atoms with van der Waals surface area (Å²) in [5.74, 6) is 0.627. The first-order chi connectivity index (χ1) is 6.63. The van der Waals surface area contributed by atoms with Gasteiger partial charge in [0.25, 0.3) is 0 Å². The van der Waals surface area contributed by atoms with Gasteiger partial charge in [-0.25, -0.2) is 4.79 Å². The standard InChI is InChI=1S/C10H21N3O/c1-8-4-3-5-13(7-8)10(14)12-9(2)6-11/h8-9H,3-7,11H2,1-2H3,(H,12,14)/t8?,9-/m1/s1. The van der Waals surface area contributed by atoms with E-state index in [-0.39, 0.29) is 12.1 Å². The molecule has 82 valence electrons. The van der Waals surface area contributed by atoms with Crippen molar-refractivity contribution >= 4 is 6.03 Å². The average Bonchev–Trinajstić information content (AvgIpc) is 2.17. The average molecular weight is 199 g/mol. The first-order valence-electron chi connectivity index (χ1n) is 5.39. The van der Waals surface area contributed by atoms with Gasteiger partial charge in [0.05, 0.1) is 0 Å². The molecule has 1 fully saturated rings. The van der Waals surface area contributed by atoms with Gasteiger partial charge in [-0.1, -0.05) is 6.92 Å². The minimum Gasteiger partial charge on any atom is -0.334 e. The third-order valence-electron chi connectivity index (χ3n) is 2.67. The van der Waals surface area contributed by atoms with Crippen molar-refractivity contribution < 1.29 is 4.79 Å². The normalized spacial score (nSPS) is 24.5. The third-order valence-corrected chi connectivity index (χ3v) is 2.67. The number of nitrogens with one attached hydrogen (secondary N) is 1. The molecule has 1 unspecified atom stereocenters. The van der Waals surface area contributed by atoms with Gasteiger partial charge >= 0.3 is 6.03 Å². The van der Waals surface area contributed by atoms with Crippen molar-refractivity contribution in [2.24, 2.45) is 11.7 Å². The van der Waals surface area contributed by atoms with Gasteiger partial charge in [-0.3, -0.25) is 0 Å². The largest absolute Gasteiger partial charge is 0.334 e. The lowest BCUT2D eigenvalue weighted by Gasteiger charge is -2.31. The van der Waals surface area contributed by atoms with Crippen LogP contribution in [0.2, 0.25) is 0 Å². The number of carbonyl (C=O) groups excluding carboxylic acids is 1. The molecule has 1 aliphatic heterocycles. The van der Waals surface area contributed by atoms with Crippen molar-refractivity contribution in [2.75, 3.05) is 19.6 Å². The van der Waals surface area contributed by atoms with E-state index in [9.17, 15) is 4.79 Å². The number of nitrogens with two attached hydrogens (primary N) is 1. The Balaban J connectivity index is 2.36. The Hall–Kier alpha value is -0.770. The van der Waals surface area contributed by atoms with E-state index in [1.807, 2.05) is 11.8 Å².